The molecule has 0 saturated carbocycles. The lowest BCUT2D eigenvalue weighted by Gasteiger charge is -2.30. The second-order valence-electron chi connectivity index (χ2n) is 5.31. The van der Waals surface area contributed by atoms with Crippen molar-refractivity contribution < 1.29 is 4.79 Å². The molecule has 1 heterocycles. The Morgan fingerprint density at radius 1 is 1.38 bits per heavy atom. The molecule has 0 unspecified atom stereocenters. The van der Waals surface area contributed by atoms with Gasteiger partial charge in [-0.05, 0) is 11.8 Å². The molecular weight excluding hydrogens is 202 g/mol. The second kappa shape index (κ2) is 6.09. The minimum atomic E-state index is 0.0886. The van der Waals surface area contributed by atoms with E-state index in [2.05, 4.69) is 31.4 Å². The van der Waals surface area contributed by atoms with E-state index in [-0.39, 0.29) is 11.4 Å². The van der Waals surface area contributed by atoms with Gasteiger partial charge < -0.3 is 15.5 Å². The third-order valence-electron chi connectivity index (χ3n) is 3.05. The standard InChI is InChI=1S/C12H25N3O/c1-4-5-12(2,3)10-14-11(16)15-8-6-13-7-9-15/h13H,4-10H2,1-3H3,(H,14,16). The summed E-state index contributed by atoms with van der Waals surface area (Å²) in [6.07, 6.45) is 2.31. The van der Waals surface area contributed by atoms with Gasteiger partial charge in [-0.3, -0.25) is 0 Å². The number of piperazine rings is 1. The first kappa shape index (κ1) is 13.3. The van der Waals surface area contributed by atoms with Gasteiger partial charge in [-0.15, -0.1) is 0 Å². The van der Waals surface area contributed by atoms with Crippen molar-refractivity contribution in [2.24, 2.45) is 5.41 Å². The zero-order chi connectivity index (χ0) is 12.0. The first-order chi connectivity index (χ1) is 7.55. The van der Waals surface area contributed by atoms with Gasteiger partial charge in [-0.25, -0.2) is 4.79 Å². The molecule has 1 fully saturated rings. The van der Waals surface area contributed by atoms with Crippen LogP contribution in [0.4, 0.5) is 4.79 Å². The molecule has 0 aliphatic carbocycles. The minimum Gasteiger partial charge on any atom is -0.337 e. The number of rotatable bonds is 4. The normalized spacial score (nSPS) is 17.3. The Bertz CT molecular complexity index is 222. The van der Waals surface area contributed by atoms with Crippen LogP contribution in [0, 0.1) is 5.41 Å². The summed E-state index contributed by atoms with van der Waals surface area (Å²) in [5.41, 5.74) is 0.207. The van der Waals surface area contributed by atoms with Gasteiger partial charge in [-0.2, -0.15) is 0 Å². The summed E-state index contributed by atoms with van der Waals surface area (Å²) in [6.45, 7) is 10.8. The largest absolute Gasteiger partial charge is 0.337 e. The Kier molecular flexibility index (Phi) is 5.06. The fraction of sp³-hybridized carbons (Fsp3) is 0.917. The maximum atomic E-state index is 11.8. The molecule has 4 nitrogen and oxygen atoms in total. The minimum absolute atomic E-state index is 0.0886. The monoisotopic (exact) mass is 227 g/mol. The fourth-order valence-corrected chi connectivity index (χ4v) is 2.06. The third-order valence-corrected chi connectivity index (χ3v) is 3.05. The van der Waals surface area contributed by atoms with Crippen molar-refractivity contribution in [3.05, 3.63) is 0 Å². The molecule has 0 spiro atoms. The van der Waals surface area contributed by atoms with E-state index in [9.17, 15) is 4.79 Å². The molecule has 0 aromatic rings. The van der Waals surface area contributed by atoms with Crippen molar-refractivity contribution in [3.8, 4) is 0 Å². The van der Waals surface area contributed by atoms with E-state index in [1.807, 2.05) is 4.90 Å². The van der Waals surface area contributed by atoms with E-state index in [1.54, 1.807) is 0 Å². The first-order valence-corrected chi connectivity index (χ1v) is 6.29. The predicted octanol–water partition coefficient (Wildman–Crippen LogP) is 1.43. The maximum absolute atomic E-state index is 11.8. The van der Waals surface area contributed by atoms with Crippen LogP contribution in [-0.2, 0) is 0 Å². The lowest BCUT2D eigenvalue weighted by molar-refractivity contribution is 0.183. The van der Waals surface area contributed by atoms with Crippen molar-refractivity contribution in [3.63, 3.8) is 0 Å². The molecule has 2 amide bonds. The van der Waals surface area contributed by atoms with Gasteiger partial charge in [0, 0.05) is 32.7 Å². The van der Waals surface area contributed by atoms with Gasteiger partial charge in [0.25, 0.3) is 0 Å². The topological polar surface area (TPSA) is 44.4 Å². The molecule has 4 heteroatoms. The molecule has 0 aromatic heterocycles. The van der Waals surface area contributed by atoms with Crippen molar-refractivity contribution in [2.75, 3.05) is 32.7 Å². The van der Waals surface area contributed by atoms with Crippen LogP contribution >= 0.6 is 0 Å². The van der Waals surface area contributed by atoms with Crippen LogP contribution in [0.5, 0.6) is 0 Å². The van der Waals surface area contributed by atoms with Crippen molar-refractivity contribution in [1.82, 2.24) is 15.5 Å². The summed E-state index contributed by atoms with van der Waals surface area (Å²) in [5, 5.41) is 6.28. The molecule has 94 valence electrons. The molecule has 1 saturated heterocycles. The average molecular weight is 227 g/mol. The van der Waals surface area contributed by atoms with Crippen LogP contribution < -0.4 is 10.6 Å². The van der Waals surface area contributed by atoms with Gasteiger partial charge >= 0.3 is 6.03 Å². The Balaban J connectivity index is 2.28. The number of carbonyl (C=O) groups is 1. The quantitative estimate of drug-likeness (QED) is 0.763. The molecule has 0 atom stereocenters. The summed E-state index contributed by atoms with van der Waals surface area (Å²) in [7, 11) is 0. The molecule has 1 aliphatic rings. The van der Waals surface area contributed by atoms with Crippen molar-refractivity contribution >= 4 is 6.03 Å². The zero-order valence-corrected chi connectivity index (χ0v) is 10.8. The van der Waals surface area contributed by atoms with Crippen LogP contribution in [0.3, 0.4) is 0 Å². The van der Waals surface area contributed by atoms with E-state index < -0.39 is 0 Å². The number of nitrogens with one attached hydrogen (secondary N) is 2. The number of hydrogen-bond donors (Lipinski definition) is 2. The van der Waals surface area contributed by atoms with E-state index in [1.165, 1.54) is 0 Å². The van der Waals surface area contributed by atoms with Crippen molar-refractivity contribution in [2.45, 2.75) is 33.6 Å². The smallest absolute Gasteiger partial charge is 0.317 e. The van der Waals surface area contributed by atoms with Gasteiger partial charge in [0.15, 0.2) is 0 Å². The highest BCUT2D eigenvalue weighted by Crippen LogP contribution is 2.20. The van der Waals surface area contributed by atoms with E-state index in [0.29, 0.717) is 0 Å². The van der Waals surface area contributed by atoms with Crippen LogP contribution in [0.25, 0.3) is 0 Å². The van der Waals surface area contributed by atoms with E-state index >= 15 is 0 Å². The molecule has 1 aliphatic heterocycles. The predicted molar refractivity (Wildman–Crippen MR) is 66.5 cm³/mol. The molecular formula is C12H25N3O. The zero-order valence-electron chi connectivity index (χ0n) is 10.8. The lowest BCUT2D eigenvalue weighted by atomic mass is 9.88. The first-order valence-electron chi connectivity index (χ1n) is 6.29. The molecule has 0 radical (unpaired) electrons. The third kappa shape index (κ3) is 4.39. The summed E-state index contributed by atoms with van der Waals surface area (Å²) in [4.78, 5) is 13.7. The Hall–Kier alpha value is -0.770. The Labute approximate surface area is 98.8 Å². The van der Waals surface area contributed by atoms with Gasteiger partial charge in [0.1, 0.15) is 0 Å². The molecule has 0 bridgehead atoms. The van der Waals surface area contributed by atoms with Gasteiger partial charge in [0.2, 0.25) is 0 Å². The van der Waals surface area contributed by atoms with Crippen LogP contribution in [0.1, 0.15) is 33.6 Å². The number of nitrogens with zero attached hydrogens (tertiary/aromatic N) is 1. The number of urea groups is 1. The van der Waals surface area contributed by atoms with E-state index in [0.717, 1.165) is 45.6 Å². The summed E-state index contributed by atoms with van der Waals surface area (Å²) in [5.74, 6) is 0. The summed E-state index contributed by atoms with van der Waals surface area (Å²) < 4.78 is 0. The molecule has 0 aromatic carbocycles. The highest BCUT2D eigenvalue weighted by Gasteiger charge is 2.20. The van der Waals surface area contributed by atoms with Crippen LogP contribution in [0.15, 0.2) is 0 Å². The van der Waals surface area contributed by atoms with Crippen LogP contribution in [0.2, 0.25) is 0 Å². The van der Waals surface area contributed by atoms with E-state index in [4.69, 9.17) is 0 Å². The number of amides is 2. The fourth-order valence-electron chi connectivity index (χ4n) is 2.06. The molecule has 2 N–H and O–H groups in total. The number of carbonyl (C=O) groups excluding carboxylic acids is 1. The van der Waals surface area contributed by atoms with Crippen molar-refractivity contribution in [1.29, 1.82) is 0 Å². The molecule has 16 heavy (non-hydrogen) atoms. The highest BCUT2D eigenvalue weighted by atomic mass is 16.2. The lowest BCUT2D eigenvalue weighted by Crippen LogP contribution is -2.51. The summed E-state index contributed by atoms with van der Waals surface area (Å²) >= 11 is 0. The Morgan fingerprint density at radius 3 is 2.56 bits per heavy atom. The SMILES string of the molecule is CCCC(C)(C)CNC(=O)N1CCNCC1. The second-order valence-corrected chi connectivity index (χ2v) is 5.31. The van der Waals surface area contributed by atoms with Gasteiger partial charge in [-0.1, -0.05) is 27.2 Å². The van der Waals surface area contributed by atoms with Gasteiger partial charge in [0.05, 0.1) is 0 Å². The highest BCUT2D eigenvalue weighted by molar-refractivity contribution is 5.74. The van der Waals surface area contributed by atoms with Crippen LogP contribution in [-0.4, -0.2) is 43.7 Å². The average Bonchev–Trinajstić information content (AvgIpc) is 2.27. The summed E-state index contributed by atoms with van der Waals surface area (Å²) in [6, 6.07) is 0.0886. The maximum Gasteiger partial charge on any atom is 0.317 e. The molecule has 1 rings (SSSR count). The Morgan fingerprint density at radius 2 is 2.00 bits per heavy atom. The number of hydrogen-bond acceptors (Lipinski definition) is 2.